The van der Waals surface area contributed by atoms with Crippen LogP contribution in [0.3, 0.4) is 0 Å². The van der Waals surface area contributed by atoms with Gasteiger partial charge in [0.15, 0.2) is 5.13 Å². The lowest BCUT2D eigenvalue weighted by atomic mass is 10.1. The highest BCUT2D eigenvalue weighted by atomic mass is 32.1. The first-order chi connectivity index (χ1) is 16.0. The molecule has 0 saturated carbocycles. The fourth-order valence-electron chi connectivity index (χ4n) is 4.09. The minimum atomic E-state index is -0.433. The van der Waals surface area contributed by atoms with Crippen LogP contribution < -0.4 is 10.2 Å². The zero-order valence-corrected chi connectivity index (χ0v) is 19.2. The maximum Gasteiger partial charge on any atom is 0.230 e. The van der Waals surface area contributed by atoms with Gasteiger partial charge in [0.05, 0.1) is 17.8 Å². The van der Waals surface area contributed by atoms with Gasteiger partial charge in [-0.3, -0.25) is 14.2 Å². The highest BCUT2D eigenvalue weighted by Gasteiger charge is 2.36. The van der Waals surface area contributed by atoms with Crippen LogP contribution in [-0.2, 0) is 9.59 Å². The third kappa shape index (κ3) is 4.05. The molecule has 0 spiro atoms. The third-order valence-electron chi connectivity index (χ3n) is 5.84. The standard InChI is InChI=1S/C25H23N5O2S/c1-16-8-6-7-11-21(16)29-14-19(12-23(29)31)24(32)28-22-13-26-17(2)30(22)25-27-20(15-33-25)18-9-4-3-5-10-18/h3-11,13,15,19H,12,14H2,1-2H3,(H,28,32). The van der Waals surface area contributed by atoms with Crippen LogP contribution in [0.1, 0.15) is 17.8 Å². The molecule has 0 aliphatic carbocycles. The Bertz CT molecular complexity index is 1330. The van der Waals surface area contributed by atoms with Crippen molar-refractivity contribution >= 4 is 34.7 Å². The summed E-state index contributed by atoms with van der Waals surface area (Å²) in [6, 6.07) is 17.7. The van der Waals surface area contributed by atoms with Crippen molar-refractivity contribution in [3.8, 4) is 16.4 Å². The fraction of sp³-hybridized carbons (Fsp3) is 0.200. The van der Waals surface area contributed by atoms with E-state index in [0.717, 1.165) is 33.5 Å². The number of para-hydroxylation sites is 1. The van der Waals surface area contributed by atoms with Gasteiger partial charge in [0.2, 0.25) is 11.8 Å². The number of aromatic nitrogens is 3. The number of benzene rings is 2. The van der Waals surface area contributed by atoms with Gasteiger partial charge in [-0.25, -0.2) is 9.97 Å². The van der Waals surface area contributed by atoms with Gasteiger partial charge in [-0.15, -0.1) is 11.3 Å². The highest BCUT2D eigenvalue weighted by Crippen LogP contribution is 2.30. The van der Waals surface area contributed by atoms with Crippen LogP contribution in [0.15, 0.2) is 66.2 Å². The normalized spacial score (nSPS) is 15.8. The largest absolute Gasteiger partial charge is 0.311 e. The van der Waals surface area contributed by atoms with Crippen molar-refractivity contribution in [3.63, 3.8) is 0 Å². The zero-order valence-electron chi connectivity index (χ0n) is 18.4. The molecular weight excluding hydrogens is 434 g/mol. The first kappa shape index (κ1) is 21.1. The molecule has 2 aromatic heterocycles. The van der Waals surface area contributed by atoms with Gasteiger partial charge in [0.1, 0.15) is 11.6 Å². The first-order valence-corrected chi connectivity index (χ1v) is 11.6. The molecule has 0 radical (unpaired) electrons. The molecule has 1 N–H and O–H groups in total. The summed E-state index contributed by atoms with van der Waals surface area (Å²) in [5, 5.41) is 5.69. The second-order valence-corrected chi connectivity index (χ2v) is 8.93. The van der Waals surface area contributed by atoms with E-state index in [1.807, 2.05) is 78.4 Å². The van der Waals surface area contributed by atoms with Gasteiger partial charge >= 0.3 is 0 Å². The van der Waals surface area contributed by atoms with Gasteiger partial charge in [-0.05, 0) is 25.5 Å². The quantitative estimate of drug-likeness (QED) is 0.475. The second-order valence-electron chi connectivity index (χ2n) is 8.09. The van der Waals surface area contributed by atoms with Gasteiger partial charge in [0.25, 0.3) is 0 Å². The summed E-state index contributed by atoms with van der Waals surface area (Å²) in [4.78, 5) is 36.6. The second kappa shape index (κ2) is 8.63. The third-order valence-corrected chi connectivity index (χ3v) is 6.67. The Morgan fingerprint density at radius 3 is 2.64 bits per heavy atom. The summed E-state index contributed by atoms with van der Waals surface area (Å²) < 4.78 is 1.84. The summed E-state index contributed by atoms with van der Waals surface area (Å²) in [5.74, 6) is 0.607. The van der Waals surface area contributed by atoms with E-state index < -0.39 is 5.92 Å². The van der Waals surface area contributed by atoms with E-state index in [1.54, 1.807) is 11.1 Å². The molecule has 2 amide bonds. The molecule has 3 heterocycles. The van der Waals surface area contributed by atoms with Gasteiger partial charge in [0, 0.05) is 29.6 Å². The molecular formula is C25H23N5O2S. The van der Waals surface area contributed by atoms with E-state index >= 15 is 0 Å². The zero-order chi connectivity index (χ0) is 22.9. The maximum atomic E-state index is 13.1. The number of rotatable bonds is 5. The summed E-state index contributed by atoms with van der Waals surface area (Å²) in [5.41, 5.74) is 3.77. The predicted octanol–water partition coefficient (Wildman–Crippen LogP) is 4.60. The van der Waals surface area contributed by atoms with Gasteiger partial charge < -0.3 is 10.2 Å². The molecule has 33 heavy (non-hydrogen) atoms. The molecule has 1 unspecified atom stereocenters. The molecule has 8 heteroatoms. The lowest BCUT2D eigenvalue weighted by Crippen LogP contribution is -2.29. The van der Waals surface area contributed by atoms with Crippen molar-refractivity contribution in [2.45, 2.75) is 20.3 Å². The molecule has 166 valence electrons. The topological polar surface area (TPSA) is 80.1 Å². The number of hydrogen-bond acceptors (Lipinski definition) is 5. The van der Waals surface area contributed by atoms with Crippen LogP contribution in [0.2, 0.25) is 0 Å². The summed E-state index contributed by atoms with van der Waals surface area (Å²) in [6.07, 6.45) is 1.81. The lowest BCUT2D eigenvalue weighted by Gasteiger charge is -2.19. The average molecular weight is 458 g/mol. The minimum absolute atomic E-state index is 0.0402. The van der Waals surface area contributed by atoms with Crippen LogP contribution in [0, 0.1) is 19.8 Å². The molecule has 5 rings (SSSR count). The summed E-state index contributed by atoms with van der Waals surface area (Å²) >= 11 is 1.49. The molecule has 0 bridgehead atoms. The van der Waals surface area contributed by atoms with Crippen molar-refractivity contribution in [1.29, 1.82) is 0 Å². The number of nitrogens with zero attached hydrogens (tertiary/aromatic N) is 4. The Balaban J connectivity index is 1.35. The number of thiazole rings is 1. The summed E-state index contributed by atoms with van der Waals surface area (Å²) in [6.45, 7) is 4.20. The molecule has 1 fully saturated rings. The molecule has 1 saturated heterocycles. The molecule has 1 atom stereocenters. The SMILES string of the molecule is Cc1ccccc1N1CC(C(=O)Nc2cnc(C)n2-c2nc(-c3ccccc3)cs2)CC1=O. The molecule has 2 aromatic carbocycles. The Morgan fingerprint density at radius 2 is 1.85 bits per heavy atom. The fourth-order valence-corrected chi connectivity index (χ4v) is 4.99. The minimum Gasteiger partial charge on any atom is -0.311 e. The van der Waals surface area contributed by atoms with E-state index in [2.05, 4.69) is 10.3 Å². The van der Waals surface area contributed by atoms with Crippen LogP contribution >= 0.6 is 11.3 Å². The van der Waals surface area contributed by atoms with Crippen LogP contribution in [0.5, 0.6) is 0 Å². The van der Waals surface area contributed by atoms with Crippen molar-refractivity contribution in [2.24, 2.45) is 5.92 Å². The van der Waals surface area contributed by atoms with Crippen LogP contribution in [0.4, 0.5) is 11.5 Å². The number of hydrogen-bond donors (Lipinski definition) is 1. The Morgan fingerprint density at radius 1 is 1.09 bits per heavy atom. The van der Waals surface area contributed by atoms with Gasteiger partial charge in [-0.2, -0.15) is 0 Å². The van der Waals surface area contributed by atoms with Gasteiger partial charge in [-0.1, -0.05) is 48.5 Å². The molecule has 7 nitrogen and oxygen atoms in total. The van der Waals surface area contributed by atoms with E-state index in [4.69, 9.17) is 4.98 Å². The van der Waals surface area contributed by atoms with E-state index in [1.165, 1.54) is 11.3 Å². The smallest absolute Gasteiger partial charge is 0.230 e. The Kier molecular flexibility index (Phi) is 5.51. The van der Waals surface area contributed by atoms with Crippen molar-refractivity contribution < 1.29 is 9.59 Å². The maximum absolute atomic E-state index is 13.1. The summed E-state index contributed by atoms with van der Waals surface area (Å²) in [7, 11) is 0. The lowest BCUT2D eigenvalue weighted by molar-refractivity contribution is -0.122. The number of anilines is 2. The van der Waals surface area contributed by atoms with Crippen molar-refractivity contribution in [2.75, 3.05) is 16.8 Å². The van der Waals surface area contributed by atoms with Crippen LogP contribution in [-0.4, -0.2) is 32.9 Å². The molecule has 4 aromatic rings. The van der Waals surface area contributed by atoms with E-state index in [9.17, 15) is 9.59 Å². The highest BCUT2D eigenvalue weighted by molar-refractivity contribution is 7.12. The van der Waals surface area contributed by atoms with Crippen molar-refractivity contribution in [1.82, 2.24) is 14.5 Å². The molecule has 1 aliphatic rings. The Labute approximate surface area is 195 Å². The number of nitrogens with one attached hydrogen (secondary N) is 1. The number of imidazole rings is 1. The van der Waals surface area contributed by atoms with E-state index in [-0.39, 0.29) is 18.2 Å². The predicted molar refractivity (Wildman–Crippen MR) is 130 cm³/mol. The van der Waals surface area contributed by atoms with Crippen LogP contribution in [0.25, 0.3) is 16.4 Å². The monoisotopic (exact) mass is 457 g/mol. The average Bonchev–Trinajstić information content (AvgIpc) is 3.54. The van der Waals surface area contributed by atoms with E-state index in [0.29, 0.717) is 12.4 Å². The first-order valence-electron chi connectivity index (χ1n) is 10.7. The Hall–Kier alpha value is -3.78. The number of carbonyl (C=O) groups excluding carboxylic acids is 2. The number of amides is 2. The number of carbonyl (C=O) groups is 2. The number of aryl methyl sites for hydroxylation is 2. The molecule has 1 aliphatic heterocycles. The van der Waals surface area contributed by atoms with Crippen molar-refractivity contribution in [3.05, 3.63) is 77.6 Å².